The fourth-order valence-electron chi connectivity index (χ4n) is 0.928. The summed E-state index contributed by atoms with van der Waals surface area (Å²) in [6, 6.07) is -0.329. The first kappa shape index (κ1) is 12.3. The molecule has 9 heteroatoms. The summed E-state index contributed by atoms with van der Waals surface area (Å²) in [5.41, 5.74) is 5.29. The van der Waals surface area contributed by atoms with Crippen LogP contribution >= 0.6 is 11.3 Å². The van der Waals surface area contributed by atoms with Crippen molar-refractivity contribution in [3.05, 3.63) is 0 Å². The van der Waals surface area contributed by atoms with Crippen LogP contribution in [0, 0.1) is 0 Å². The SMILES string of the molecule is COCC(C)NS(=O)(=O)c1nnc(N)s1. The third kappa shape index (κ3) is 3.38. The first-order valence-electron chi connectivity index (χ1n) is 4.06. The molecule has 1 atom stereocenters. The second-order valence-corrected chi connectivity index (χ2v) is 5.78. The van der Waals surface area contributed by atoms with E-state index < -0.39 is 10.0 Å². The van der Waals surface area contributed by atoms with Crippen molar-refractivity contribution in [2.24, 2.45) is 0 Å². The number of nitrogens with one attached hydrogen (secondary N) is 1. The molecule has 1 unspecified atom stereocenters. The molecule has 0 saturated carbocycles. The van der Waals surface area contributed by atoms with Crippen LogP contribution in [0.3, 0.4) is 0 Å². The summed E-state index contributed by atoms with van der Waals surface area (Å²) in [7, 11) is -2.13. The molecule has 0 aliphatic carbocycles. The molecule has 86 valence electrons. The number of hydrogen-bond donors (Lipinski definition) is 2. The Bertz CT molecular complexity index is 416. The molecule has 1 aromatic heterocycles. The number of rotatable bonds is 5. The first-order chi connectivity index (χ1) is 6.95. The molecule has 3 N–H and O–H groups in total. The third-order valence-corrected chi connectivity index (χ3v) is 4.13. The van der Waals surface area contributed by atoms with Gasteiger partial charge in [0.05, 0.1) is 6.61 Å². The fraction of sp³-hybridized carbons (Fsp3) is 0.667. The maximum Gasteiger partial charge on any atom is 0.270 e. The Morgan fingerprint density at radius 3 is 2.73 bits per heavy atom. The second kappa shape index (κ2) is 4.84. The molecule has 0 aliphatic heterocycles. The summed E-state index contributed by atoms with van der Waals surface area (Å²) in [4.78, 5) is 0. The quantitative estimate of drug-likeness (QED) is 0.727. The fourth-order valence-corrected chi connectivity index (χ4v) is 2.96. The number of aromatic nitrogens is 2. The average Bonchev–Trinajstić information content (AvgIpc) is 2.51. The molecule has 0 aliphatic rings. The Morgan fingerprint density at radius 1 is 1.60 bits per heavy atom. The van der Waals surface area contributed by atoms with Gasteiger partial charge in [0.15, 0.2) is 0 Å². The van der Waals surface area contributed by atoms with Crippen molar-refractivity contribution in [2.75, 3.05) is 19.5 Å². The number of methoxy groups -OCH3 is 1. The Labute approximate surface area is 91.7 Å². The number of ether oxygens (including phenoxy) is 1. The topological polar surface area (TPSA) is 107 Å². The van der Waals surface area contributed by atoms with E-state index in [-0.39, 0.29) is 22.1 Å². The van der Waals surface area contributed by atoms with Crippen molar-refractivity contribution in [3.8, 4) is 0 Å². The number of sulfonamides is 1. The normalized spacial score (nSPS) is 14.0. The molecule has 1 heterocycles. The highest BCUT2D eigenvalue weighted by Gasteiger charge is 2.21. The minimum Gasteiger partial charge on any atom is -0.383 e. The average molecular weight is 252 g/mol. The maximum absolute atomic E-state index is 11.6. The number of nitrogens with zero attached hydrogens (tertiary/aromatic N) is 2. The van der Waals surface area contributed by atoms with Crippen molar-refractivity contribution < 1.29 is 13.2 Å². The minimum absolute atomic E-state index is 0.120. The molecule has 0 saturated heterocycles. The standard InChI is InChI=1S/C6H12N4O3S2/c1-4(3-13-2)10-15(11,12)6-9-8-5(7)14-6/h4,10H,3H2,1-2H3,(H2,7,8). The van der Waals surface area contributed by atoms with Crippen LogP contribution in [0.4, 0.5) is 5.13 Å². The summed E-state index contributed by atoms with van der Waals surface area (Å²) in [5.74, 6) is 0. The van der Waals surface area contributed by atoms with Gasteiger partial charge in [-0.1, -0.05) is 11.3 Å². The van der Waals surface area contributed by atoms with Gasteiger partial charge in [-0.2, -0.15) is 0 Å². The molecule has 0 bridgehead atoms. The first-order valence-corrected chi connectivity index (χ1v) is 6.36. The lowest BCUT2D eigenvalue weighted by atomic mass is 10.4. The van der Waals surface area contributed by atoms with Crippen LogP contribution < -0.4 is 10.5 Å². The highest BCUT2D eigenvalue weighted by Crippen LogP contribution is 2.16. The van der Waals surface area contributed by atoms with Gasteiger partial charge in [0.2, 0.25) is 9.47 Å². The molecule has 7 nitrogen and oxygen atoms in total. The summed E-state index contributed by atoms with van der Waals surface area (Å²) < 4.78 is 30.3. The number of nitrogen functional groups attached to an aromatic ring is 1. The smallest absolute Gasteiger partial charge is 0.270 e. The Hall–Kier alpha value is -0.770. The van der Waals surface area contributed by atoms with E-state index in [0.29, 0.717) is 0 Å². The molecular weight excluding hydrogens is 240 g/mol. The van der Waals surface area contributed by atoms with Gasteiger partial charge >= 0.3 is 0 Å². The predicted octanol–water partition coefficient (Wildman–Crippen LogP) is -0.567. The summed E-state index contributed by atoms with van der Waals surface area (Å²) in [6.45, 7) is 1.97. The van der Waals surface area contributed by atoms with Gasteiger partial charge in [-0.05, 0) is 6.92 Å². The van der Waals surface area contributed by atoms with Crippen molar-refractivity contribution in [1.29, 1.82) is 0 Å². The maximum atomic E-state index is 11.6. The van der Waals surface area contributed by atoms with E-state index in [1.807, 2.05) is 0 Å². The van der Waals surface area contributed by atoms with Gasteiger partial charge in [0.1, 0.15) is 0 Å². The van der Waals surface area contributed by atoms with Crippen molar-refractivity contribution in [1.82, 2.24) is 14.9 Å². The number of anilines is 1. The Morgan fingerprint density at radius 2 is 2.27 bits per heavy atom. The van der Waals surface area contributed by atoms with Gasteiger partial charge in [-0.3, -0.25) is 0 Å². The summed E-state index contributed by atoms with van der Waals surface area (Å²) >= 11 is 0.819. The number of hydrogen-bond acceptors (Lipinski definition) is 7. The zero-order valence-corrected chi connectivity index (χ0v) is 9.93. The molecule has 0 radical (unpaired) electrons. The van der Waals surface area contributed by atoms with Gasteiger partial charge < -0.3 is 10.5 Å². The highest BCUT2D eigenvalue weighted by molar-refractivity contribution is 7.91. The van der Waals surface area contributed by atoms with E-state index in [1.165, 1.54) is 7.11 Å². The minimum atomic E-state index is -3.63. The highest BCUT2D eigenvalue weighted by atomic mass is 32.2. The molecule has 0 fully saturated rings. The molecule has 0 aromatic carbocycles. The summed E-state index contributed by atoms with van der Waals surface area (Å²) in [6.07, 6.45) is 0. The zero-order valence-electron chi connectivity index (χ0n) is 8.30. The van der Waals surface area contributed by atoms with E-state index in [1.54, 1.807) is 6.92 Å². The Balaban J connectivity index is 2.76. The van der Waals surface area contributed by atoms with E-state index in [4.69, 9.17) is 10.5 Å². The van der Waals surface area contributed by atoms with Crippen molar-refractivity contribution >= 4 is 26.5 Å². The summed E-state index contributed by atoms with van der Waals surface area (Å²) in [5, 5.41) is 7.01. The number of nitrogens with two attached hydrogens (primary N) is 1. The zero-order chi connectivity index (χ0) is 11.5. The third-order valence-electron chi connectivity index (χ3n) is 1.42. The molecule has 1 rings (SSSR count). The Kier molecular flexibility index (Phi) is 3.97. The predicted molar refractivity (Wildman–Crippen MR) is 56.0 cm³/mol. The molecule has 15 heavy (non-hydrogen) atoms. The van der Waals surface area contributed by atoms with E-state index in [9.17, 15) is 8.42 Å². The molecule has 1 aromatic rings. The van der Waals surface area contributed by atoms with Crippen molar-refractivity contribution in [2.45, 2.75) is 17.3 Å². The van der Waals surface area contributed by atoms with Crippen LogP contribution in [0.25, 0.3) is 0 Å². The van der Waals surface area contributed by atoms with Gasteiger partial charge in [-0.25, -0.2) is 13.1 Å². The lowest BCUT2D eigenvalue weighted by molar-refractivity contribution is 0.180. The van der Waals surface area contributed by atoms with Crippen LogP contribution in [-0.4, -0.2) is 38.4 Å². The van der Waals surface area contributed by atoms with Crippen LogP contribution in [-0.2, 0) is 14.8 Å². The molecule has 0 spiro atoms. The lowest BCUT2D eigenvalue weighted by Gasteiger charge is -2.10. The van der Waals surface area contributed by atoms with Crippen LogP contribution in [0.5, 0.6) is 0 Å². The molecular formula is C6H12N4O3S2. The van der Waals surface area contributed by atoms with Crippen LogP contribution in [0.2, 0.25) is 0 Å². The monoisotopic (exact) mass is 252 g/mol. The van der Waals surface area contributed by atoms with Gasteiger partial charge in [0, 0.05) is 13.2 Å². The van der Waals surface area contributed by atoms with Gasteiger partial charge in [-0.15, -0.1) is 10.2 Å². The van der Waals surface area contributed by atoms with Crippen LogP contribution in [0.1, 0.15) is 6.92 Å². The van der Waals surface area contributed by atoms with Crippen LogP contribution in [0.15, 0.2) is 4.34 Å². The second-order valence-electron chi connectivity index (χ2n) is 2.88. The van der Waals surface area contributed by atoms with Crippen molar-refractivity contribution in [3.63, 3.8) is 0 Å². The van der Waals surface area contributed by atoms with E-state index in [0.717, 1.165) is 11.3 Å². The van der Waals surface area contributed by atoms with E-state index in [2.05, 4.69) is 14.9 Å². The van der Waals surface area contributed by atoms with E-state index >= 15 is 0 Å². The van der Waals surface area contributed by atoms with Gasteiger partial charge in [0.25, 0.3) is 10.0 Å². The molecule has 0 amide bonds. The largest absolute Gasteiger partial charge is 0.383 e. The lowest BCUT2D eigenvalue weighted by Crippen LogP contribution is -2.35.